The Morgan fingerprint density at radius 3 is 2.54 bits per heavy atom. The van der Waals surface area contributed by atoms with Gasteiger partial charge in [-0.25, -0.2) is 4.79 Å². The van der Waals surface area contributed by atoms with Crippen molar-refractivity contribution in [3.8, 4) is 0 Å². The van der Waals surface area contributed by atoms with Gasteiger partial charge in [0.25, 0.3) is 0 Å². The molecule has 2 rings (SSSR count). The van der Waals surface area contributed by atoms with E-state index in [1.165, 1.54) is 0 Å². The van der Waals surface area contributed by atoms with Gasteiger partial charge in [-0.05, 0) is 51.3 Å². The molecule has 0 bridgehead atoms. The second kappa shape index (κ2) is 8.01. The van der Waals surface area contributed by atoms with Crippen molar-refractivity contribution >= 4 is 27.9 Å². The predicted octanol–water partition coefficient (Wildman–Crippen LogP) is 3.71. The van der Waals surface area contributed by atoms with Gasteiger partial charge in [0.05, 0.1) is 0 Å². The Morgan fingerprint density at radius 2 is 1.96 bits per heavy atom. The predicted molar refractivity (Wildman–Crippen MR) is 96.5 cm³/mol. The lowest BCUT2D eigenvalue weighted by atomic mass is 9.96. The summed E-state index contributed by atoms with van der Waals surface area (Å²) in [6, 6.07) is 7.88. The van der Waals surface area contributed by atoms with Crippen molar-refractivity contribution < 1.29 is 14.3 Å². The number of hydrogen-bond donors (Lipinski definition) is 1. The number of likely N-dealkylation sites (tertiary alicyclic amines) is 1. The van der Waals surface area contributed by atoms with E-state index in [-0.39, 0.29) is 17.9 Å². The van der Waals surface area contributed by atoms with Crippen molar-refractivity contribution in [2.24, 2.45) is 5.92 Å². The minimum atomic E-state index is -0.491. The summed E-state index contributed by atoms with van der Waals surface area (Å²) in [6.45, 7) is 7.20. The van der Waals surface area contributed by atoms with E-state index in [0.29, 0.717) is 32.5 Å². The molecule has 1 aliphatic rings. The van der Waals surface area contributed by atoms with Gasteiger partial charge in [0.15, 0.2) is 0 Å². The van der Waals surface area contributed by atoms with Crippen molar-refractivity contribution in [1.29, 1.82) is 0 Å². The fraction of sp³-hybridized carbons (Fsp3) is 0.556. The summed E-state index contributed by atoms with van der Waals surface area (Å²) in [7, 11) is 0. The Kier molecular flexibility index (Phi) is 6.27. The molecular weight excluding hydrogens is 372 g/mol. The van der Waals surface area contributed by atoms with Gasteiger partial charge in [-0.3, -0.25) is 4.79 Å². The largest absolute Gasteiger partial charge is 0.444 e. The molecule has 0 spiro atoms. The smallest absolute Gasteiger partial charge is 0.410 e. The molecule has 1 aliphatic heterocycles. The number of rotatable bonds is 3. The van der Waals surface area contributed by atoms with E-state index in [4.69, 9.17) is 4.74 Å². The van der Waals surface area contributed by atoms with Gasteiger partial charge >= 0.3 is 6.09 Å². The number of benzene rings is 1. The molecule has 1 N–H and O–H groups in total. The zero-order valence-electron chi connectivity index (χ0n) is 14.5. The SMILES string of the molecule is CC(C)(C)OC(=O)N1CCC(C(=O)NCc2cccc(Br)c2)CC1. The van der Waals surface area contributed by atoms with Gasteiger partial charge in [0.2, 0.25) is 5.91 Å². The minimum absolute atomic E-state index is 0.0455. The summed E-state index contributed by atoms with van der Waals surface area (Å²) in [5.74, 6) is 0.00894. The third-order valence-corrected chi connectivity index (χ3v) is 4.37. The summed E-state index contributed by atoms with van der Waals surface area (Å²) in [5, 5.41) is 2.98. The van der Waals surface area contributed by atoms with E-state index in [2.05, 4.69) is 21.2 Å². The molecule has 1 aromatic rings. The number of piperidine rings is 1. The fourth-order valence-electron chi connectivity index (χ4n) is 2.63. The third-order valence-electron chi connectivity index (χ3n) is 3.87. The monoisotopic (exact) mass is 396 g/mol. The van der Waals surface area contributed by atoms with Crippen LogP contribution in [-0.2, 0) is 16.1 Å². The van der Waals surface area contributed by atoms with Gasteiger partial charge in [-0.15, -0.1) is 0 Å². The molecule has 6 heteroatoms. The Balaban J connectivity index is 1.77. The van der Waals surface area contributed by atoms with Crippen LogP contribution in [0.25, 0.3) is 0 Å². The van der Waals surface area contributed by atoms with Gasteiger partial charge in [0, 0.05) is 30.0 Å². The summed E-state index contributed by atoms with van der Waals surface area (Å²) >= 11 is 3.42. The van der Waals surface area contributed by atoms with Crippen molar-refractivity contribution in [3.63, 3.8) is 0 Å². The fourth-order valence-corrected chi connectivity index (χ4v) is 3.08. The van der Waals surface area contributed by atoms with E-state index in [1.54, 1.807) is 4.90 Å². The highest BCUT2D eigenvalue weighted by Gasteiger charge is 2.29. The highest BCUT2D eigenvalue weighted by molar-refractivity contribution is 9.10. The zero-order valence-corrected chi connectivity index (χ0v) is 16.1. The highest BCUT2D eigenvalue weighted by Crippen LogP contribution is 2.20. The van der Waals surface area contributed by atoms with Crippen LogP contribution in [0.1, 0.15) is 39.2 Å². The van der Waals surface area contributed by atoms with E-state index < -0.39 is 5.60 Å². The molecule has 1 aromatic carbocycles. The van der Waals surface area contributed by atoms with Crippen molar-refractivity contribution in [3.05, 3.63) is 34.3 Å². The molecule has 2 amide bonds. The summed E-state index contributed by atoms with van der Waals surface area (Å²) in [6.07, 6.45) is 1.04. The van der Waals surface area contributed by atoms with Crippen LogP contribution in [0.15, 0.2) is 28.7 Å². The van der Waals surface area contributed by atoms with Crippen LogP contribution in [0.3, 0.4) is 0 Å². The van der Waals surface area contributed by atoms with Gasteiger partial charge in [-0.2, -0.15) is 0 Å². The first-order valence-electron chi connectivity index (χ1n) is 8.25. The molecule has 1 heterocycles. The topological polar surface area (TPSA) is 58.6 Å². The van der Waals surface area contributed by atoms with Gasteiger partial charge in [0.1, 0.15) is 5.60 Å². The van der Waals surface area contributed by atoms with Crippen molar-refractivity contribution in [1.82, 2.24) is 10.2 Å². The standard InChI is InChI=1S/C18H25BrN2O3/c1-18(2,3)24-17(23)21-9-7-14(8-10-21)16(22)20-12-13-5-4-6-15(19)11-13/h4-6,11,14H,7-10,12H2,1-3H3,(H,20,22). The Bertz CT molecular complexity index is 590. The Hall–Kier alpha value is -1.56. The number of halogens is 1. The molecule has 0 atom stereocenters. The van der Waals surface area contributed by atoms with Crippen LogP contribution < -0.4 is 5.32 Å². The quantitative estimate of drug-likeness (QED) is 0.846. The van der Waals surface area contributed by atoms with Crippen LogP contribution in [0.2, 0.25) is 0 Å². The first kappa shape index (κ1) is 18.8. The van der Waals surface area contributed by atoms with E-state index in [9.17, 15) is 9.59 Å². The lowest BCUT2D eigenvalue weighted by Gasteiger charge is -2.32. The molecule has 24 heavy (non-hydrogen) atoms. The number of nitrogens with one attached hydrogen (secondary N) is 1. The number of amides is 2. The van der Waals surface area contributed by atoms with Crippen LogP contribution in [0.4, 0.5) is 4.79 Å². The molecule has 1 fully saturated rings. The maximum Gasteiger partial charge on any atom is 0.410 e. The number of carbonyl (C=O) groups excluding carboxylic acids is 2. The number of carbonyl (C=O) groups is 2. The maximum atomic E-state index is 12.3. The molecule has 0 aromatic heterocycles. The van der Waals surface area contributed by atoms with Gasteiger partial charge in [-0.1, -0.05) is 28.1 Å². The molecule has 0 saturated carbocycles. The molecule has 1 saturated heterocycles. The molecule has 0 unspecified atom stereocenters. The Morgan fingerprint density at radius 1 is 1.29 bits per heavy atom. The van der Waals surface area contributed by atoms with Crippen LogP contribution >= 0.6 is 15.9 Å². The van der Waals surface area contributed by atoms with Gasteiger partial charge < -0.3 is 15.0 Å². The summed E-state index contributed by atoms with van der Waals surface area (Å²) in [5.41, 5.74) is 0.568. The molecule has 0 radical (unpaired) electrons. The van der Waals surface area contributed by atoms with Crippen molar-refractivity contribution in [2.45, 2.75) is 45.8 Å². The zero-order chi connectivity index (χ0) is 17.7. The average Bonchev–Trinajstić information content (AvgIpc) is 2.51. The maximum absolute atomic E-state index is 12.3. The lowest BCUT2D eigenvalue weighted by molar-refractivity contribution is -0.126. The van der Waals surface area contributed by atoms with Crippen molar-refractivity contribution in [2.75, 3.05) is 13.1 Å². The number of nitrogens with zero attached hydrogens (tertiary/aromatic N) is 1. The van der Waals surface area contributed by atoms with Crippen LogP contribution in [0.5, 0.6) is 0 Å². The summed E-state index contributed by atoms with van der Waals surface area (Å²) < 4.78 is 6.37. The Labute approximate surface area is 151 Å². The lowest BCUT2D eigenvalue weighted by Crippen LogP contribution is -2.44. The second-order valence-corrected chi connectivity index (χ2v) is 8.01. The summed E-state index contributed by atoms with van der Waals surface area (Å²) in [4.78, 5) is 26.0. The second-order valence-electron chi connectivity index (χ2n) is 7.09. The first-order chi connectivity index (χ1) is 11.2. The van der Waals surface area contributed by atoms with E-state index in [1.807, 2.05) is 45.0 Å². The molecule has 5 nitrogen and oxygen atoms in total. The van der Waals surface area contributed by atoms with Crippen LogP contribution in [0, 0.1) is 5.92 Å². The van der Waals surface area contributed by atoms with E-state index >= 15 is 0 Å². The molecule has 132 valence electrons. The minimum Gasteiger partial charge on any atom is -0.444 e. The first-order valence-corrected chi connectivity index (χ1v) is 9.04. The average molecular weight is 397 g/mol. The van der Waals surface area contributed by atoms with Crippen LogP contribution in [-0.4, -0.2) is 35.6 Å². The highest BCUT2D eigenvalue weighted by atomic mass is 79.9. The molecular formula is C18H25BrN2O3. The molecule has 0 aliphatic carbocycles. The number of ether oxygens (including phenoxy) is 1. The third kappa shape index (κ3) is 5.82. The number of hydrogen-bond acceptors (Lipinski definition) is 3. The van der Waals surface area contributed by atoms with E-state index in [0.717, 1.165) is 10.0 Å². The normalized spacial score (nSPS) is 15.9.